The van der Waals surface area contributed by atoms with Gasteiger partial charge in [0, 0.05) is 18.0 Å². The van der Waals surface area contributed by atoms with E-state index in [2.05, 4.69) is 10.1 Å². The van der Waals surface area contributed by atoms with Crippen LogP contribution in [0.4, 0.5) is 22.0 Å². The van der Waals surface area contributed by atoms with Crippen molar-refractivity contribution in [1.29, 1.82) is 0 Å². The minimum absolute atomic E-state index is 0.125. The van der Waals surface area contributed by atoms with E-state index in [1.807, 2.05) is 0 Å². The molecule has 0 spiro atoms. The number of pyridine rings is 1. The van der Waals surface area contributed by atoms with Gasteiger partial charge < -0.3 is 0 Å². The summed E-state index contributed by atoms with van der Waals surface area (Å²) >= 11 is 0. The summed E-state index contributed by atoms with van der Waals surface area (Å²) in [7, 11) is -4.07. The Bertz CT molecular complexity index is 1170. The Morgan fingerprint density at radius 1 is 1.07 bits per heavy atom. The number of alkyl halides is 3. The van der Waals surface area contributed by atoms with Gasteiger partial charge in [0.15, 0.2) is 15.5 Å². The van der Waals surface area contributed by atoms with Crippen LogP contribution < -0.4 is 0 Å². The Morgan fingerprint density at radius 2 is 1.75 bits per heavy atom. The van der Waals surface area contributed by atoms with Crippen molar-refractivity contribution in [3.8, 4) is 16.9 Å². The Morgan fingerprint density at radius 3 is 2.32 bits per heavy atom. The maximum atomic E-state index is 14.6. The van der Waals surface area contributed by atoms with Crippen LogP contribution >= 0.6 is 0 Å². The number of rotatable bonds is 3. The predicted molar refractivity (Wildman–Crippen MR) is 89.6 cm³/mol. The molecular formula is C17H12F5N3O2S. The SMILES string of the molecule is Cc1ncccc1-n1nc(C(F)(F)F)cc1-c1cc(F)c(S(C)(=O)=O)cc1F. The van der Waals surface area contributed by atoms with Crippen molar-refractivity contribution < 1.29 is 30.4 Å². The van der Waals surface area contributed by atoms with Crippen LogP contribution in [-0.2, 0) is 16.0 Å². The quantitative estimate of drug-likeness (QED) is 0.606. The van der Waals surface area contributed by atoms with E-state index in [9.17, 15) is 30.4 Å². The van der Waals surface area contributed by atoms with Crippen molar-refractivity contribution in [3.63, 3.8) is 0 Å². The zero-order chi connectivity index (χ0) is 20.9. The second-order valence-corrected chi connectivity index (χ2v) is 7.95. The van der Waals surface area contributed by atoms with Crippen LogP contribution in [-0.4, -0.2) is 29.4 Å². The first kappa shape index (κ1) is 19.9. The molecule has 0 saturated heterocycles. The van der Waals surface area contributed by atoms with Crippen molar-refractivity contribution in [1.82, 2.24) is 14.8 Å². The second kappa shape index (κ2) is 6.66. The molecule has 0 N–H and O–H groups in total. The molecule has 1 aromatic carbocycles. The maximum absolute atomic E-state index is 14.6. The van der Waals surface area contributed by atoms with Gasteiger partial charge in [-0.25, -0.2) is 21.9 Å². The standard InChI is InChI=1S/C17H12F5N3O2S/c1-9-13(4-3-5-23-9)25-14(8-16(24-25)17(20,21)22)10-6-12(19)15(7-11(10)18)28(2,26)27/h3-8H,1-2H3. The second-order valence-electron chi connectivity index (χ2n) is 5.97. The molecule has 0 saturated carbocycles. The lowest BCUT2D eigenvalue weighted by atomic mass is 10.1. The molecule has 148 valence electrons. The molecule has 2 aromatic heterocycles. The van der Waals surface area contributed by atoms with Gasteiger partial charge in [-0.15, -0.1) is 0 Å². The first-order valence-corrected chi connectivity index (χ1v) is 9.57. The van der Waals surface area contributed by atoms with Crippen molar-refractivity contribution in [3.05, 3.63) is 59.6 Å². The smallest absolute Gasteiger partial charge is 0.259 e. The Hall–Kier alpha value is -2.82. The number of sulfone groups is 1. The highest BCUT2D eigenvalue weighted by atomic mass is 32.2. The summed E-state index contributed by atoms with van der Waals surface area (Å²) in [5.74, 6) is -2.50. The third-order valence-corrected chi connectivity index (χ3v) is 5.02. The van der Waals surface area contributed by atoms with E-state index in [0.717, 1.165) is 4.68 Å². The third kappa shape index (κ3) is 3.61. The fourth-order valence-electron chi connectivity index (χ4n) is 2.60. The van der Waals surface area contributed by atoms with Gasteiger partial charge in [-0.3, -0.25) is 4.98 Å². The number of hydrogen-bond acceptors (Lipinski definition) is 4. The van der Waals surface area contributed by atoms with Gasteiger partial charge in [-0.05, 0) is 37.3 Å². The average molecular weight is 417 g/mol. The highest BCUT2D eigenvalue weighted by Gasteiger charge is 2.36. The highest BCUT2D eigenvalue weighted by Crippen LogP contribution is 2.35. The molecule has 0 radical (unpaired) electrons. The third-order valence-electron chi connectivity index (χ3n) is 3.90. The number of halogens is 5. The molecule has 0 aliphatic rings. The number of aromatic nitrogens is 3. The van der Waals surface area contributed by atoms with Gasteiger partial charge in [0.05, 0.1) is 17.1 Å². The Balaban J connectivity index is 2.32. The molecule has 0 fully saturated rings. The van der Waals surface area contributed by atoms with Gasteiger partial charge in [-0.2, -0.15) is 18.3 Å². The van der Waals surface area contributed by atoms with E-state index >= 15 is 0 Å². The molecule has 11 heteroatoms. The number of hydrogen-bond donors (Lipinski definition) is 0. The van der Waals surface area contributed by atoms with Gasteiger partial charge in [0.1, 0.15) is 16.5 Å². The molecule has 0 unspecified atom stereocenters. The topological polar surface area (TPSA) is 64.8 Å². The number of nitrogens with zero attached hydrogens (tertiary/aromatic N) is 3. The van der Waals surface area contributed by atoms with Crippen molar-refractivity contribution >= 4 is 9.84 Å². The van der Waals surface area contributed by atoms with Crippen molar-refractivity contribution in [2.45, 2.75) is 18.0 Å². The number of aryl methyl sites for hydroxylation is 1. The van der Waals surface area contributed by atoms with Crippen molar-refractivity contribution in [2.75, 3.05) is 6.26 Å². The first-order chi connectivity index (χ1) is 12.9. The normalized spacial score (nSPS) is 12.4. The molecule has 2 heterocycles. The van der Waals surface area contributed by atoms with E-state index in [1.165, 1.54) is 25.3 Å². The van der Waals surface area contributed by atoms with Crippen molar-refractivity contribution in [2.24, 2.45) is 0 Å². The zero-order valence-electron chi connectivity index (χ0n) is 14.4. The van der Waals surface area contributed by atoms with E-state index in [-0.39, 0.29) is 5.69 Å². The number of benzene rings is 1. The van der Waals surface area contributed by atoms with Crippen LogP contribution in [0.2, 0.25) is 0 Å². The molecule has 0 atom stereocenters. The lowest BCUT2D eigenvalue weighted by molar-refractivity contribution is -0.141. The summed E-state index contributed by atoms with van der Waals surface area (Å²) in [5, 5.41) is 3.48. The fourth-order valence-corrected chi connectivity index (χ4v) is 3.33. The molecule has 5 nitrogen and oxygen atoms in total. The predicted octanol–water partition coefficient (Wildman–Crippen LogP) is 3.94. The first-order valence-electron chi connectivity index (χ1n) is 7.68. The molecule has 3 rings (SSSR count). The molecule has 28 heavy (non-hydrogen) atoms. The van der Waals surface area contributed by atoms with E-state index < -0.39 is 49.5 Å². The summed E-state index contributed by atoms with van der Waals surface area (Å²) in [4.78, 5) is 3.06. The molecule has 3 aromatic rings. The van der Waals surface area contributed by atoms with Gasteiger partial charge >= 0.3 is 6.18 Å². The monoisotopic (exact) mass is 417 g/mol. The molecule has 0 amide bonds. The largest absolute Gasteiger partial charge is 0.435 e. The maximum Gasteiger partial charge on any atom is 0.435 e. The summed E-state index contributed by atoms with van der Waals surface area (Å²) < 4.78 is 92.2. The van der Waals surface area contributed by atoms with Crippen LogP contribution in [0.3, 0.4) is 0 Å². The summed E-state index contributed by atoms with van der Waals surface area (Å²) in [5.41, 5.74) is -1.87. The molecule has 0 aliphatic carbocycles. The molecular weight excluding hydrogens is 405 g/mol. The van der Waals surface area contributed by atoms with Crippen LogP contribution in [0, 0.1) is 18.6 Å². The highest BCUT2D eigenvalue weighted by molar-refractivity contribution is 7.90. The van der Waals surface area contributed by atoms with E-state index in [0.29, 0.717) is 30.1 Å². The van der Waals surface area contributed by atoms with Gasteiger partial charge in [0.2, 0.25) is 0 Å². The van der Waals surface area contributed by atoms with Crippen LogP contribution in [0.15, 0.2) is 41.4 Å². The molecule has 0 bridgehead atoms. The van der Waals surface area contributed by atoms with Crippen LogP contribution in [0.5, 0.6) is 0 Å². The minimum atomic E-state index is -4.84. The lowest BCUT2D eigenvalue weighted by Crippen LogP contribution is -2.08. The molecule has 0 aliphatic heterocycles. The van der Waals surface area contributed by atoms with Gasteiger partial charge in [-0.1, -0.05) is 0 Å². The van der Waals surface area contributed by atoms with E-state index in [4.69, 9.17) is 0 Å². The van der Waals surface area contributed by atoms with E-state index in [1.54, 1.807) is 0 Å². The minimum Gasteiger partial charge on any atom is -0.259 e. The zero-order valence-corrected chi connectivity index (χ0v) is 15.2. The summed E-state index contributed by atoms with van der Waals surface area (Å²) in [6, 6.07) is 4.39. The van der Waals surface area contributed by atoms with Gasteiger partial charge in [0.25, 0.3) is 0 Å². The fraction of sp³-hybridized carbons (Fsp3) is 0.176. The van der Waals surface area contributed by atoms with Crippen LogP contribution in [0.1, 0.15) is 11.4 Å². The average Bonchev–Trinajstić information content (AvgIpc) is 3.01. The summed E-state index contributed by atoms with van der Waals surface area (Å²) in [6.45, 7) is 1.51. The lowest BCUT2D eigenvalue weighted by Gasteiger charge is -2.11. The Kier molecular flexibility index (Phi) is 4.74. The summed E-state index contributed by atoms with van der Waals surface area (Å²) in [6.07, 6.45) is -2.73. The van der Waals surface area contributed by atoms with Crippen LogP contribution in [0.25, 0.3) is 16.9 Å². The Labute approximate surface area is 156 Å².